The van der Waals surface area contributed by atoms with Gasteiger partial charge in [0.25, 0.3) is 0 Å². The first kappa shape index (κ1) is 8.71. The van der Waals surface area contributed by atoms with Gasteiger partial charge in [-0.1, -0.05) is 40.8 Å². The van der Waals surface area contributed by atoms with E-state index in [1.54, 1.807) is 6.20 Å². The van der Waals surface area contributed by atoms with E-state index >= 15 is 0 Å². The predicted molar refractivity (Wildman–Crippen MR) is 56.8 cm³/mol. The van der Waals surface area contributed by atoms with Gasteiger partial charge in [-0.05, 0) is 18.6 Å². The normalized spacial score (nSPS) is 13.6. The Balaban J connectivity index is 2.65. The lowest BCUT2D eigenvalue weighted by atomic mass is 10.2. The van der Waals surface area contributed by atoms with Crippen LogP contribution in [0.1, 0.15) is 12.5 Å². The number of alkyl halides is 1. The molecule has 1 unspecified atom stereocenters. The molecule has 0 fully saturated rings. The molecule has 1 aromatic heterocycles. The maximum atomic E-state index is 4.01. The van der Waals surface area contributed by atoms with Gasteiger partial charge >= 0.3 is 0 Å². The fourth-order valence-electron chi connectivity index (χ4n) is 0.718. The lowest BCUT2D eigenvalue weighted by Gasteiger charge is -1.92. The minimum absolute atomic E-state index is 0.577. The van der Waals surface area contributed by atoms with E-state index in [1.807, 2.05) is 18.3 Å². The number of pyridine rings is 1. The zero-order valence-electron chi connectivity index (χ0n) is 6.37. The van der Waals surface area contributed by atoms with Crippen molar-refractivity contribution in [3.8, 4) is 0 Å². The summed E-state index contributed by atoms with van der Waals surface area (Å²) in [7, 11) is 0. The summed E-state index contributed by atoms with van der Waals surface area (Å²) in [5.74, 6) is 0. The molecule has 0 aromatic carbocycles. The van der Waals surface area contributed by atoms with Gasteiger partial charge in [-0.2, -0.15) is 0 Å². The third-order valence-corrected chi connectivity index (χ3v) is 1.65. The largest absolute Gasteiger partial charge is 0.264 e. The van der Waals surface area contributed by atoms with Crippen LogP contribution in [0, 0.1) is 0 Å². The summed E-state index contributed by atoms with van der Waals surface area (Å²) in [4.78, 5) is 4.01. The van der Waals surface area contributed by atoms with Crippen molar-refractivity contribution in [2.45, 2.75) is 10.8 Å². The number of nitrogens with zero attached hydrogens (tertiary/aromatic N) is 1. The second-order valence-corrected chi connectivity index (χ2v) is 4.29. The van der Waals surface area contributed by atoms with Crippen LogP contribution in [0.5, 0.6) is 0 Å². The Morgan fingerprint density at radius 1 is 1.64 bits per heavy atom. The molecule has 1 heterocycles. The number of hydrogen-bond acceptors (Lipinski definition) is 1. The number of rotatable bonds is 2. The molecule has 0 saturated carbocycles. The van der Waals surface area contributed by atoms with Crippen LogP contribution in [-0.2, 0) is 0 Å². The van der Waals surface area contributed by atoms with Crippen LogP contribution < -0.4 is 0 Å². The van der Waals surface area contributed by atoms with Crippen LogP contribution in [-0.4, -0.2) is 8.91 Å². The van der Waals surface area contributed by atoms with Crippen molar-refractivity contribution in [1.29, 1.82) is 0 Å². The molecule has 1 rings (SSSR count). The lowest BCUT2D eigenvalue weighted by Crippen LogP contribution is -1.80. The van der Waals surface area contributed by atoms with E-state index in [0.29, 0.717) is 3.92 Å². The van der Waals surface area contributed by atoms with Gasteiger partial charge in [0.15, 0.2) is 0 Å². The van der Waals surface area contributed by atoms with Crippen molar-refractivity contribution >= 4 is 28.7 Å². The fraction of sp³-hybridized carbons (Fsp3) is 0.222. The Bertz CT molecular complexity index is 229. The van der Waals surface area contributed by atoms with Crippen molar-refractivity contribution in [2.75, 3.05) is 0 Å². The second kappa shape index (κ2) is 4.49. The number of halogens is 1. The van der Waals surface area contributed by atoms with Crippen LogP contribution in [0.3, 0.4) is 0 Å². The molecule has 0 saturated heterocycles. The van der Waals surface area contributed by atoms with Crippen LogP contribution >= 0.6 is 22.6 Å². The average Bonchev–Trinajstić information content (AvgIpc) is 2.03. The minimum atomic E-state index is 0.577. The molecule has 0 bridgehead atoms. The molecule has 0 aliphatic rings. The van der Waals surface area contributed by atoms with Gasteiger partial charge in [0.05, 0.1) is 0 Å². The number of aromatic nitrogens is 1. The maximum Gasteiger partial charge on any atom is 0.0340 e. The first-order valence-corrected chi connectivity index (χ1v) is 4.76. The van der Waals surface area contributed by atoms with Crippen molar-refractivity contribution < 1.29 is 0 Å². The Kier molecular flexibility index (Phi) is 3.56. The average molecular weight is 259 g/mol. The van der Waals surface area contributed by atoms with E-state index in [1.165, 1.54) is 0 Å². The highest BCUT2D eigenvalue weighted by Gasteiger charge is 1.86. The molecule has 0 aliphatic carbocycles. The smallest absolute Gasteiger partial charge is 0.0340 e. The highest BCUT2D eigenvalue weighted by Crippen LogP contribution is 2.04. The summed E-state index contributed by atoms with van der Waals surface area (Å²) in [6.07, 6.45) is 7.88. The molecule has 1 nitrogen and oxygen atoms in total. The summed E-state index contributed by atoms with van der Waals surface area (Å²) in [5.41, 5.74) is 1.16. The van der Waals surface area contributed by atoms with Crippen LogP contribution in [0.2, 0.25) is 0 Å². The molecule has 0 spiro atoms. The first-order valence-electron chi connectivity index (χ1n) is 3.51. The molecule has 2 heteroatoms. The highest BCUT2D eigenvalue weighted by molar-refractivity contribution is 14.1. The van der Waals surface area contributed by atoms with Gasteiger partial charge in [0.1, 0.15) is 0 Å². The monoisotopic (exact) mass is 259 g/mol. The van der Waals surface area contributed by atoms with E-state index in [2.05, 4.69) is 46.7 Å². The molecule has 0 amide bonds. The third kappa shape index (κ3) is 3.51. The van der Waals surface area contributed by atoms with E-state index in [0.717, 1.165) is 5.56 Å². The van der Waals surface area contributed by atoms with E-state index in [-0.39, 0.29) is 0 Å². The van der Waals surface area contributed by atoms with Gasteiger partial charge in [-0.25, -0.2) is 0 Å². The Morgan fingerprint density at radius 3 is 3.00 bits per heavy atom. The molecule has 11 heavy (non-hydrogen) atoms. The Morgan fingerprint density at radius 2 is 2.45 bits per heavy atom. The lowest BCUT2D eigenvalue weighted by molar-refractivity contribution is 1.29. The molecular formula is C9H10IN. The van der Waals surface area contributed by atoms with E-state index < -0.39 is 0 Å². The van der Waals surface area contributed by atoms with Crippen LogP contribution in [0.15, 0.2) is 30.6 Å². The van der Waals surface area contributed by atoms with Gasteiger partial charge < -0.3 is 0 Å². The standard InChI is InChI=1S/C9H10IN/c1-8(10)4-5-9-3-2-6-11-7-9/h2-8H,1H3/b5-4+. The molecule has 1 aromatic rings. The fourth-order valence-corrected chi connectivity index (χ4v) is 0.926. The van der Waals surface area contributed by atoms with Crippen molar-refractivity contribution in [2.24, 2.45) is 0 Å². The van der Waals surface area contributed by atoms with Crippen molar-refractivity contribution in [1.82, 2.24) is 4.98 Å². The van der Waals surface area contributed by atoms with Crippen LogP contribution in [0.4, 0.5) is 0 Å². The summed E-state index contributed by atoms with van der Waals surface area (Å²) in [5, 5.41) is 0. The summed E-state index contributed by atoms with van der Waals surface area (Å²) in [6.45, 7) is 2.15. The number of allylic oxidation sites excluding steroid dienone is 1. The van der Waals surface area contributed by atoms with Gasteiger partial charge in [0, 0.05) is 16.3 Å². The van der Waals surface area contributed by atoms with E-state index in [9.17, 15) is 0 Å². The highest BCUT2D eigenvalue weighted by atomic mass is 127. The van der Waals surface area contributed by atoms with Gasteiger partial charge in [0.2, 0.25) is 0 Å². The van der Waals surface area contributed by atoms with Crippen molar-refractivity contribution in [3.63, 3.8) is 0 Å². The predicted octanol–water partition coefficient (Wildman–Crippen LogP) is 2.92. The summed E-state index contributed by atoms with van der Waals surface area (Å²) in [6, 6.07) is 3.99. The quantitative estimate of drug-likeness (QED) is 0.587. The molecule has 0 aliphatic heterocycles. The summed E-state index contributed by atoms with van der Waals surface area (Å²) >= 11 is 2.36. The van der Waals surface area contributed by atoms with Crippen molar-refractivity contribution in [3.05, 3.63) is 36.2 Å². The second-order valence-electron chi connectivity index (χ2n) is 2.32. The SMILES string of the molecule is CC(I)/C=C/c1cccnc1. The van der Waals surface area contributed by atoms with Gasteiger partial charge in [-0.3, -0.25) is 4.98 Å². The minimum Gasteiger partial charge on any atom is -0.264 e. The summed E-state index contributed by atoms with van der Waals surface area (Å²) < 4.78 is 0.577. The van der Waals surface area contributed by atoms with E-state index in [4.69, 9.17) is 0 Å². The van der Waals surface area contributed by atoms with Gasteiger partial charge in [-0.15, -0.1) is 0 Å². The third-order valence-electron chi connectivity index (χ3n) is 1.24. The zero-order chi connectivity index (χ0) is 8.10. The molecular weight excluding hydrogens is 249 g/mol. The molecule has 0 radical (unpaired) electrons. The number of hydrogen-bond donors (Lipinski definition) is 0. The molecule has 58 valence electrons. The topological polar surface area (TPSA) is 12.9 Å². The molecule has 1 atom stereocenters. The first-order chi connectivity index (χ1) is 5.29. The zero-order valence-corrected chi connectivity index (χ0v) is 8.52. The molecule has 0 N–H and O–H groups in total. The Hall–Kier alpha value is -0.380. The van der Waals surface area contributed by atoms with Crippen LogP contribution in [0.25, 0.3) is 6.08 Å². The maximum absolute atomic E-state index is 4.01. The Labute approximate surface area is 80.7 Å².